The van der Waals surface area contributed by atoms with Crippen LogP contribution < -0.4 is 14.2 Å². The second-order valence-electron chi connectivity index (χ2n) is 8.32. The normalized spacial score (nSPS) is 17.4. The predicted octanol–water partition coefficient (Wildman–Crippen LogP) is 3.81. The van der Waals surface area contributed by atoms with Crippen molar-refractivity contribution in [3.05, 3.63) is 59.2 Å². The highest BCUT2D eigenvalue weighted by Crippen LogP contribution is 2.43. The van der Waals surface area contributed by atoms with Crippen molar-refractivity contribution in [2.75, 3.05) is 41.1 Å². The topological polar surface area (TPSA) is 94.5 Å². The molecule has 1 fully saturated rings. The highest BCUT2D eigenvalue weighted by molar-refractivity contribution is 6.46. The van der Waals surface area contributed by atoms with Gasteiger partial charge < -0.3 is 29.0 Å². The Morgan fingerprint density at radius 3 is 2.26 bits per heavy atom. The molecule has 0 aliphatic carbocycles. The number of aliphatic hydroxyl groups excluding tert-OH is 1. The van der Waals surface area contributed by atoms with Crippen LogP contribution >= 0.6 is 0 Å². The molecule has 0 aromatic heterocycles. The van der Waals surface area contributed by atoms with E-state index in [9.17, 15) is 14.7 Å². The molecule has 1 aliphatic rings. The minimum absolute atomic E-state index is 0.0245. The minimum atomic E-state index is -0.878. The molecular formula is C26H31NO7. The van der Waals surface area contributed by atoms with Crippen molar-refractivity contribution >= 4 is 17.4 Å². The summed E-state index contributed by atoms with van der Waals surface area (Å²) in [5, 5.41) is 11.2. The van der Waals surface area contributed by atoms with Crippen LogP contribution in [0.3, 0.4) is 0 Å². The lowest BCUT2D eigenvalue weighted by atomic mass is 9.94. The molecule has 1 saturated heterocycles. The Morgan fingerprint density at radius 2 is 1.68 bits per heavy atom. The summed E-state index contributed by atoms with van der Waals surface area (Å²) < 4.78 is 21.7. The van der Waals surface area contributed by atoms with E-state index in [2.05, 4.69) is 13.8 Å². The Bertz CT molecular complexity index is 1060. The smallest absolute Gasteiger partial charge is 0.295 e. The molecule has 1 atom stereocenters. The third kappa shape index (κ3) is 5.17. The van der Waals surface area contributed by atoms with E-state index >= 15 is 0 Å². The van der Waals surface area contributed by atoms with Crippen molar-refractivity contribution in [1.82, 2.24) is 4.90 Å². The predicted molar refractivity (Wildman–Crippen MR) is 127 cm³/mol. The Kier molecular flexibility index (Phi) is 8.17. The van der Waals surface area contributed by atoms with E-state index in [-0.39, 0.29) is 24.5 Å². The number of ketones is 1. The molecule has 1 N–H and O–H groups in total. The van der Waals surface area contributed by atoms with E-state index in [0.29, 0.717) is 40.9 Å². The molecular weight excluding hydrogens is 438 g/mol. The lowest BCUT2D eigenvalue weighted by Gasteiger charge is -2.26. The Morgan fingerprint density at radius 1 is 1.00 bits per heavy atom. The average molecular weight is 470 g/mol. The molecule has 0 unspecified atom stereocenters. The number of likely N-dealkylation sites (tertiary alicyclic amines) is 1. The molecule has 0 spiro atoms. The highest BCUT2D eigenvalue weighted by Gasteiger charge is 2.47. The first-order valence-corrected chi connectivity index (χ1v) is 11.0. The summed E-state index contributed by atoms with van der Waals surface area (Å²) in [5.41, 5.74) is 0.896. The minimum Gasteiger partial charge on any atom is -0.507 e. The monoisotopic (exact) mass is 469 g/mol. The molecule has 0 saturated carbocycles. The van der Waals surface area contributed by atoms with Crippen LogP contribution in [0.4, 0.5) is 0 Å². The number of Topliss-reactive ketones (excluding diaryl/α,β-unsaturated/α-hetero) is 1. The first kappa shape index (κ1) is 25.1. The average Bonchev–Trinajstić information content (AvgIpc) is 3.10. The van der Waals surface area contributed by atoms with Gasteiger partial charge in [0.2, 0.25) is 0 Å². The van der Waals surface area contributed by atoms with Crippen molar-refractivity contribution in [3.63, 3.8) is 0 Å². The number of benzene rings is 2. The van der Waals surface area contributed by atoms with Crippen LogP contribution in [0.15, 0.2) is 48.0 Å². The quantitative estimate of drug-likeness (QED) is 0.321. The molecule has 1 aliphatic heterocycles. The van der Waals surface area contributed by atoms with Crippen molar-refractivity contribution < 1.29 is 33.6 Å². The number of nitrogens with zero attached hydrogens (tertiary/aromatic N) is 1. The van der Waals surface area contributed by atoms with Gasteiger partial charge in [-0.1, -0.05) is 13.8 Å². The Balaban J connectivity index is 2.12. The summed E-state index contributed by atoms with van der Waals surface area (Å²) in [7, 11) is 4.54. The van der Waals surface area contributed by atoms with Gasteiger partial charge in [-0.2, -0.15) is 0 Å². The standard InChI is InChI=1S/C26H31NO7/c1-16(2)15-34-18-8-6-17(7-9-18)24(28)22-23(27(12-13-31-3)26(30)25(22)29)20-14-19(32-4)10-11-21(20)33-5/h6-11,14,16,23,28H,12-13,15H2,1-5H3/t23-/m0/s1. The zero-order chi connectivity index (χ0) is 24.8. The maximum Gasteiger partial charge on any atom is 0.295 e. The van der Waals surface area contributed by atoms with Crippen molar-refractivity contribution in [3.8, 4) is 17.2 Å². The molecule has 8 heteroatoms. The van der Waals surface area contributed by atoms with E-state index < -0.39 is 17.7 Å². The van der Waals surface area contributed by atoms with Gasteiger partial charge in [0.15, 0.2) is 0 Å². The van der Waals surface area contributed by atoms with Crippen LogP contribution in [0.2, 0.25) is 0 Å². The summed E-state index contributed by atoms with van der Waals surface area (Å²) in [6.45, 7) is 5.04. The number of rotatable bonds is 10. The van der Waals surface area contributed by atoms with Crippen LogP contribution in [-0.2, 0) is 14.3 Å². The fraction of sp³-hybridized carbons (Fsp3) is 0.385. The van der Waals surface area contributed by atoms with Crippen LogP contribution in [-0.4, -0.2) is 62.8 Å². The number of carbonyl (C=O) groups is 2. The molecule has 1 heterocycles. The highest BCUT2D eigenvalue weighted by atomic mass is 16.5. The number of hydrogen-bond acceptors (Lipinski definition) is 7. The van der Waals surface area contributed by atoms with Gasteiger partial charge >= 0.3 is 0 Å². The molecule has 2 aromatic carbocycles. The molecule has 1 amide bonds. The summed E-state index contributed by atoms with van der Waals surface area (Å²) in [4.78, 5) is 27.5. The van der Waals surface area contributed by atoms with Crippen LogP contribution in [0.25, 0.3) is 5.76 Å². The molecule has 34 heavy (non-hydrogen) atoms. The van der Waals surface area contributed by atoms with Gasteiger partial charge in [0.1, 0.15) is 23.0 Å². The van der Waals surface area contributed by atoms with Gasteiger partial charge in [0, 0.05) is 24.8 Å². The Hall–Kier alpha value is -3.52. The zero-order valence-electron chi connectivity index (χ0n) is 20.2. The number of amides is 1. The van der Waals surface area contributed by atoms with Gasteiger partial charge in [-0.05, 0) is 48.4 Å². The maximum absolute atomic E-state index is 13.1. The number of ether oxygens (including phenoxy) is 4. The van der Waals surface area contributed by atoms with Crippen LogP contribution in [0, 0.1) is 5.92 Å². The lowest BCUT2D eigenvalue weighted by molar-refractivity contribution is -0.140. The van der Waals surface area contributed by atoms with Crippen LogP contribution in [0.5, 0.6) is 17.2 Å². The van der Waals surface area contributed by atoms with Gasteiger partial charge in [-0.25, -0.2) is 0 Å². The third-order valence-electron chi connectivity index (χ3n) is 5.52. The van der Waals surface area contributed by atoms with Gasteiger partial charge in [0.05, 0.1) is 39.0 Å². The number of aliphatic hydroxyl groups is 1. The van der Waals surface area contributed by atoms with Gasteiger partial charge in [-0.15, -0.1) is 0 Å². The number of hydrogen-bond donors (Lipinski definition) is 1. The van der Waals surface area contributed by atoms with E-state index in [1.165, 1.54) is 26.2 Å². The first-order chi connectivity index (χ1) is 16.3. The molecule has 8 nitrogen and oxygen atoms in total. The summed E-state index contributed by atoms with van der Waals surface area (Å²) in [5.74, 6) is 0.238. The fourth-order valence-corrected chi connectivity index (χ4v) is 3.80. The largest absolute Gasteiger partial charge is 0.507 e. The molecule has 0 bridgehead atoms. The summed E-state index contributed by atoms with van der Waals surface area (Å²) >= 11 is 0. The number of carbonyl (C=O) groups excluding carboxylic acids is 2. The van der Waals surface area contributed by atoms with Gasteiger partial charge in [-0.3, -0.25) is 9.59 Å². The fourth-order valence-electron chi connectivity index (χ4n) is 3.80. The second kappa shape index (κ2) is 11.1. The Labute approximate surface area is 199 Å². The molecule has 182 valence electrons. The summed E-state index contributed by atoms with van der Waals surface area (Å²) in [6.07, 6.45) is 0. The van der Waals surface area contributed by atoms with E-state index in [4.69, 9.17) is 18.9 Å². The molecule has 2 aromatic rings. The van der Waals surface area contributed by atoms with E-state index in [1.54, 1.807) is 42.5 Å². The van der Waals surface area contributed by atoms with Crippen molar-refractivity contribution in [2.45, 2.75) is 19.9 Å². The second-order valence-corrected chi connectivity index (χ2v) is 8.32. The van der Waals surface area contributed by atoms with E-state index in [1.807, 2.05) is 0 Å². The maximum atomic E-state index is 13.1. The first-order valence-electron chi connectivity index (χ1n) is 11.0. The summed E-state index contributed by atoms with van der Waals surface area (Å²) in [6, 6.07) is 11.0. The van der Waals surface area contributed by atoms with Crippen LogP contribution in [0.1, 0.15) is 31.0 Å². The molecule has 3 rings (SSSR count). The van der Waals surface area contributed by atoms with E-state index in [0.717, 1.165) is 0 Å². The van der Waals surface area contributed by atoms with Gasteiger partial charge in [0.25, 0.3) is 11.7 Å². The zero-order valence-corrected chi connectivity index (χ0v) is 20.2. The lowest BCUT2D eigenvalue weighted by Crippen LogP contribution is -2.32. The SMILES string of the molecule is COCCN1C(=O)C(=O)C(=C(O)c2ccc(OCC(C)C)cc2)[C@@H]1c1cc(OC)ccc1OC. The van der Waals surface area contributed by atoms with Crippen molar-refractivity contribution in [1.29, 1.82) is 0 Å². The molecule has 0 radical (unpaired) electrons. The van der Waals surface area contributed by atoms with Crippen molar-refractivity contribution in [2.24, 2.45) is 5.92 Å². The number of methoxy groups -OCH3 is 3. The third-order valence-corrected chi connectivity index (χ3v) is 5.52.